The molecule has 3 atom stereocenters. The highest BCUT2D eigenvalue weighted by molar-refractivity contribution is 5.94. The Labute approximate surface area is 189 Å². The van der Waals surface area contributed by atoms with Crippen molar-refractivity contribution in [3.05, 3.63) is 77.0 Å². The molecule has 2 N–H and O–H groups in total. The summed E-state index contributed by atoms with van der Waals surface area (Å²) in [6, 6.07) is 17.0. The minimum absolute atomic E-state index is 0.0713. The molecule has 0 spiro atoms. The molecule has 170 valence electrons. The molecular weight excluding hydrogens is 406 g/mol. The second kappa shape index (κ2) is 10.0. The van der Waals surface area contributed by atoms with Gasteiger partial charge in [0.1, 0.15) is 0 Å². The first-order valence-corrected chi connectivity index (χ1v) is 11.0. The van der Waals surface area contributed by atoms with Crippen LogP contribution in [0.3, 0.4) is 0 Å². The Morgan fingerprint density at radius 1 is 1.03 bits per heavy atom. The van der Waals surface area contributed by atoms with E-state index >= 15 is 0 Å². The van der Waals surface area contributed by atoms with E-state index in [0.29, 0.717) is 11.3 Å². The van der Waals surface area contributed by atoms with E-state index < -0.39 is 29.4 Å². The van der Waals surface area contributed by atoms with Crippen molar-refractivity contribution in [1.29, 1.82) is 0 Å². The maximum Gasteiger partial charge on any atom is 0.336 e. The molecule has 0 heterocycles. The number of carbonyl (C=O) groups excluding carboxylic acids is 2. The molecule has 6 nitrogen and oxygen atoms in total. The van der Waals surface area contributed by atoms with Gasteiger partial charge in [-0.25, -0.2) is 4.79 Å². The molecule has 0 fully saturated rings. The molecule has 6 heteroatoms. The van der Waals surface area contributed by atoms with Crippen molar-refractivity contribution in [2.75, 3.05) is 18.5 Å². The predicted octanol–water partition coefficient (Wildman–Crippen LogP) is 4.34. The van der Waals surface area contributed by atoms with Gasteiger partial charge in [-0.3, -0.25) is 4.79 Å². The lowest BCUT2D eigenvalue weighted by atomic mass is 9.65. The first kappa shape index (κ1) is 23.5. The number of anilines is 1. The van der Waals surface area contributed by atoms with Gasteiger partial charge < -0.3 is 19.9 Å². The Balaban J connectivity index is 2.23. The van der Waals surface area contributed by atoms with Crippen molar-refractivity contribution >= 4 is 17.6 Å². The van der Waals surface area contributed by atoms with E-state index in [1.165, 1.54) is 0 Å². The fraction of sp³-hybridized carbons (Fsp3) is 0.385. The summed E-state index contributed by atoms with van der Waals surface area (Å²) in [6.07, 6.45) is 0.0713. The van der Waals surface area contributed by atoms with Crippen molar-refractivity contribution < 1.29 is 24.2 Å². The second-order valence-corrected chi connectivity index (χ2v) is 8.26. The first-order valence-electron chi connectivity index (χ1n) is 11.0. The van der Waals surface area contributed by atoms with E-state index in [9.17, 15) is 14.7 Å². The number of aryl methyl sites for hydroxylation is 1. The molecule has 0 aliphatic heterocycles. The summed E-state index contributed by atoms with van der Waals surface area (Å²) in [6.45, 7) is 7.42. The normalized spacial score (nSPS) is 22.9. The van der Waals surface area contributed by atoms with Crippen LogP contribution in [0.15, 0.2) is 65.9 Å². The molecule has 0 bridgehead atoms. The number of para-hydroxylation sites is 1. The maximum absolute atomic E-state index is 13.2. The van der Waals surface area contributed by atoms with Gasteiger partial charge in [-0.15, -0.1) is 0 Å². The molecule has 0 aromatic heterocycles. The first-order chi connectivity index (χ1) is 15.3. The standard InChI is InChI=1S/C26H31NO5/c1-5-31-24(28)22-20(27-19-10-8-7-9-11-19)16-26(4,30)23(25(29)32-6-2)21(22)18-14-12-17(3)13-15-18/h7-15,21,23,27,30H,5-6,16H2,1-4H3/t21-,23+,26+/m1/s1. The van der Waals surface area contributed by atoms with E-state index in [1.807, 2.05) is 61.5 Å². The Morgan fingerprint density at radius 2 is 1.66 bits per heavy atom. The number of ether oxygens (including phenoxy) is 2. The number of nitrogens with one attached hydrogen (secondary N) is 1. The van der Waals surface area contributed by atoms with Gasteiger partial charge in [0.25, 0.3) is 0 Å². The maximum atomic E-state index is 13.2. The zero-order valence-corrected chi connectivity index (χ0v) is 19.1. The zero-order chi connectivity index (χ0) is 23.3. The van der Waals surface area contributed by atoms with Gasteiger partial charge in [-0.05, 0) is 45.4 Å². The summed E-state index contributed by atoms with van der Waals surface area (Å²) >= 11 is 0. The quantitative estimate of drug-likeness (QED) is 0.627. The lowest BCUT2D eigenvalue weighted by molar-refractivity contribution is -0.159. The predicted molar refractivity (Wildman–Crippen MR) is 123 cm³/mol. The van der Waals surface area contributed by atoms with Gasteiger partial charge in [0.15, 0.2) is 0 Å². The number of hydrogen-bond donors (Lipinski definition) is 2. The van der Waals surface area contributed by atoms with Gasteiger partial charge in [0.05, 0.1) is 30.3 Å². The van der Waals surface area contributed by atoms with Crippen molar-refractivity contribution in [3.63, 3.8) is 0 Å². The Morgan fingerprint density at radius 3 is 2.25 bits per heavy atom. The Bertz CT molecular complexity index is 979. The summed E-state index contributed by atoms with van der Waals surface area (Å²) in [5, 5.41) is 14.8. The van der Waals surface area contributed by atoms with Gasteiger partial charge in [-0.2, -0.15) is 0 Å². The molecule has 32 heavy (non-hydrogen) atoms. The summed E-state index contributed by atoms with van der Waals surface area (Å²) in [5.41, 5.74) is 1.99. The van der Waals surface area contributed by atoms with Gasteiger partial charge in [0.2, 0.25) is 0 Å². The van der Waals surface area contributed by atoms with Gasteiger partial charge in [-0.1, -0.05) is 48.0 Å². The van der Waals surface area contributed by atoms with E-state index in [2.05, 4.69) is 5.32 Å². The number of carbonyl (C=O) groups is 2. The summed E-state index contributed by atoms with van der Waals surface area (Å²) in [7, 11) is 0. The van der Waals surface area contributed by atoms with Crippen molar-refractivity contribution in [2.24, 2.45) is 5.92 Å². The number of benzene rings is 2. The van der Waals surface area contributed by atoms with E-state index in [1.54, 1.807) is 20.8 Å². The largest absolute Gasteiger partial charge is 0.466 e. The number of aliphatic hydroxyl groups is 1. The van der Waals surface area contributed by atoms with Crippen LogP contribution in [-0.2, 0) is 19.1 Å². The smallest absolute Gasteiger partial charge is 0.336 e. The minimum atomic E-state index is -1.45. The fourth-order valence-corrected chi connectivity index (χ4v) is 4.30. The van der Waals surface area contributed by atoms with Crippen LogP contribution < -0.4 is 5.32 Å². The van der Waals surface area contributed by atoms with E-state index in [4.69, 9.17) is 9.47 Å². The Kier molecular flexibility index (Phi) is 7.36. The molecule has 0 amide bonds. The fourth-order valence-electron chi connectivity index (χ4n) is 4.30. The molecular formula is C26H31NO5. The van der Waals surface area contributed by atoms with Crippen LogP contribution in [0.4, 0.5) is 5.69 Å². The average Bonchev–Trinajstić information content (AvgIpc) is 2.74. The third-order valence-corrected chi connectivity index (χ3v) is 5.72. The van der Waals surface area contributed by atoms with Crippen LogP contribution in [0.25, 0.3) is 0 Å². The topological polar surface area (TPSA) is 84.9 Å². The monoisotopic (exact) mass is 437 g/mol. The summed E-state index contributed by atoms with van der Waals surface area (Å²) in [5.74, 6) is -2.75. The van der Waals surface area contributed by atoms with E-state index in [-0.39, 0.29) is 19.6 Å². The molecule has 3 rings (SSSR count). The van der Waals surface area contributed by atoms with Crippen LogP contribution in [0.5, 0.6) is 0 Å². The Hall–Kier alpha value is -3.12. The van der Waals surface area contributed by atoms with Crippen LogP contribution in [-0.4, -0.2) is 35.9 Å². The average molecular weight is 438 g/mol. The van der Waals surface area contributed by atoms with Crippen molar-refractivity contribution in [3.8, 4) is 0 Å². The van der Waals surface area contributed by atoms with Crippen molar-refractivity contribution in [2.45, 2.75) is 45.6 Å². The zero-order valence-electron chi connectivity index (χ0n) is 19.1. The van der Waals surface area contributed by atoms with Gasteiger partial charge in [0, 0.05) is 23.7 Å². The third-order valence-electron chi connectivity index (χ3n) is 5.72. The van der Waals surface area contributed by atoms with Crippen LogP contribution >= 0.6 is 0 Å². The SMILES string of the molecule is CCOC(=O)C1=C(Nc2ccccc2)C[C@](C)(O)[C@H](C(=O)OCC)[C@@H]1c1ccc(C)cc1. The summed E-state index contributed by atoms with van der Waals surface area (Å²) < 4.78 is 10.8. The van der Waals surface area contributed by atoms with Crippen LogP contribution in [0.2, 0.25) is 0 Å². The number of rotatable bonds is 7. The highest BCUT2D eigenvalue weighted by atomic mass is 16.5. The van der Waals surface area contributed by atoms with Gasteiger partial charge >= 0.3 is 11.9 Å². The van der Waals surface area contributed by atoms with Crippen LogP contribution in [0, 0.1) is 12.8 Å². The highest BCUT2D eigenvalue weighted by Crippen LogP contribution is 2.48. The highest BCUT2D eigenvalue weighted by Gasteiger charge is 2.52. The minimum Gasteiger partial charge on any atom is -0.466 e. The molecule has 1 aliphatic carbocycles. The molecule has 2 aromatic carbocycles. The lowest BCUT2D eigenvalue weighted by Gasteiger charge is -2.43. The molecule has 0 saturated heterocycles. The molecule has 1 aliphatic rings. The van der Waals surface area contributed by atoms with Crippen LogP contribution in [0.1, 0.15) is 44.2 Å². The third kappa shape index (κ3) is 5.02. The lowest BCUT2D eigenvalue weighted by Crippen LogP contribution is -2.49. The molecule has 0 radical (unpaired) electrons. The second-order valence-electron chi connectivity index (χ2n) is 8.26. The molecule has 2 aromatic rings. The van der Waals surface area contributed by atoms with E-state index in [0.717, 1.165) is 16.8 Å². The number of hydrogen-bond acceptors (Lipinski definition) is 6. The molecule has 0 unspecified atom stereocenters. The van der Waals surface area contributed by atoms with Crippen molar-refractivity contribution in [1.82, 2.24) is 0 Å². The molecule has 0 saturated carbocycles. The number of esters is 2. The summed E-state index contributed by atoms with van der Waals surface area (Å²) in [4.78, 5) is 26.3.